The first-order chi connectivity index (χ1) is 8.46. The average molecular weight is 285 g/mol. The van der Waals surface area contributed by atoms with Crippen molar-refractivity contribution in [2.24, 2.45) is 11.1 Å². The highest BCUT2D eigenvalue weighted by atomic mass is 35.5. The third kappa shape index (κ3) is 3.14. The summed E-state index contributed by atoms with van der Waals surface area (Å²) < 4.78 is 0. The predicted molar refractivity (Wildman–Crippen MR) is 82.6 cm³/mol. The Hall–Kier alpha value is -0.380. The second-order valence-electron chi connectivity index (χ2n) is 5.92. The number of para-hydroxylation sites is 1. The molecular formula is C14H21ClN2S. The largest absolute Gasteiger partial charge is 0.376 e. The van der Waals surface area contributed by atoms with Crippen LogP contribution in [0, 0.1) is 5.41 Å². The van der Waals surface area contributed by atoms with E-state index in [0.717, 1.165) is 22.9 Å². The molecule has 0 saturated carbocycles. The highest BCUT2D eigenvalue weighted by Crippen LogP contribution is 2.41. The molecule has 1 atom stereocenters. The van der Waals surface area contributed by atoms with Crippen LogP contribution in [0.15, 0.2) is 24.3 Å². The maximum atomic E-state index is 6.22. The van der Waals surface area contributed by atoms with Crippen molar-refractivity contribution >= 4 is 29.1 Å². The molecule has 0 aromatic heterocycles. The van der Waals surface area contributed by atoms with Crippen LogP contribution < -0.4 is 11.1 Å². The zero-order chi connectivity index (χ0) is 13.2. The fourth-order valence-electron chi connectivity index (χ4n) is 2.65. The Bertz CT molecular complexity index is 422. The Morgan fingerprint density at radius 2 is 2.06 bits per heavy atom. The third-order valence-corrected chi connectivity index (χ3v) is 5.42. The molecule has 100 valence electrons. The van der Waals surface area contributed by atoms with Crippen LogP contribution in [0.1, 0.15) is 20.3 Å². The van der Waals surface area contributed by atoms with Crippen molar-refractivity contribution < 1.29 is 0 Å². The summed E-state index contributed by atoms with van der Waals surface area (Å²) in [6.07, 6.45) is 1.08. The van der Waals surface area contributed by atoms with E-state index in [2.05, 4.69) is 19.2 Å². The molecule has 18 heavy (non-hydrogen) atoms. The lowest BCUT2D eigenvalue weighted by atomic mass is 9.79. The van der Waals surface area contributed by atoms with Crippen molar-refractivity contribution in [2.45, 2.75) is 25.8 Å². The summed E-state index contributed by atoms with van der Waals surface area (Å²) in [4.78, 5) is 0. The van der Waals surface area contributed by atoms with Crippen molar-refractivity contribution in [1.82, 2.24) is 0 Å². The summed E-state index contributed by atoms with van der Waals surface area (Å²) in [5.74, 6) is 2.23. The van der Waals surface area contributed by atoms with E-state index in [9.17, 15) is 0 Å². The number of rotatable bonds is 3. The smallest absolute Gasteiger partial charge is 0.0637 e. The summed E-state index contributed by atoms with van der Waals surface area (Å²) >= 11 is 8.20. The first-order valence-electron chi connectivity index (χ1n) is 6.27. The maximum absolute atomic E-state index is 6.22. The Morgan fingerprint density at radius 1 is 1.33 bits per heavy atom. The van der Waals surface area contributed by atoms with Crippen molar-refractivity contribution in [3.05, 3.63) is 29.3 Å². The number of thioether (sulfide) groups is 1. The zero-order valence-electron chi connectivity index (χ0n) is 11.0. The number of halogens is 1. The second kappa shape index (κ2) is 5.32. The molecule has 1 unspecified atom stereocenters. The molecule has 1 aliphatic heterocycles. The van der Waals surface area contributed by atoms with Gasteiger partial charge in [0.2, 0.25) is 0 Å². The van der Waals surface area contributed by atoms with Crippen LogP contribution in [0.2, 0.25) is 5.02 Å². The molecule has 1 aromatic rings. The Morgan fingerprint density at radius 3 is 2.67 bits per heavy atom. The fourth-order valence-corrected chi connectivity index (χ4v) is 4.27. The SMILES string of the molecule is CC1(C)CSCC(CN)(Nc2ccccc2Cl)C1. The third-order valence-electron chi connectivity index (χ3n) is 3.35. The fraction of sp³-hybridized carbons (Fsp3) is 0.571. The van der Waals surface area contributed by atoms with E-state index in [0.29, 0.717) is 12.0 Å². The average Bonchev–Trinajstić information content (AvgIpc) is 2.31. The van der Waals surface area contributed by atoms with E-state index in [4.69, 9.17) is 17.3 Å². The van der Waals surface area contributed by atoms with Crippen LogP contribution >= 0.6 is 23.4 Å². The molecular weight excluding hydrogens is 264 g/mol. The lowest BCUT2D eigenvalue weighted by Crippen LogP contribution is -2.53. The molecule has 0 bridgehead atoms. The lowest BCUT2D eigenvalue weighted by Gasteiger charge is -2.45. The van der Waals surface area contributed by atoms with Crippen molar-refractivity contribution in [3.8, 4) is 0 Å². The monoisotopic (exact) mass is 284 g/mol. The summed E-state index contributed by atoms with van der Waals surface area (Å²) in [7, 11) is 0. The summed E-state index contributed by atoms with van der Waals surface area (Å²) in [6, 6.07) is 7.88. The van der Waals surface area contributed by atoms with Gasteiger partial charge in [0.05, 0.1) is 16.2 Å². The highest BCUT2D eigenvalue weighted by Gasteiger charge is 2.39. The lowest BCUT2D eigenvalue weighted by molar-refractivity contribution is 0.290. The topological polar surface area (TPSA) is 38.0 Å². The number of nitrogens with two attached hydrogens (primary N) is 1. The molecule has 0 spiro atoms. The van der Waals surface area contributed by atoms with Gasteiger partial charge in [-0.1, -0.05) is 37.6 Å². The molecule has 1 fully saturated rings. The van der Waals surface area contributed by atoms with Gasteiger partial charge in [-0.2, -0.15) is 11.8 Å². The molecule has 0 radical (unpaired) electrons. The normalized spacial score (nSPS) is 26.9. The number of anilines is 1. The Labute approximate surface area is 119 Å². The quantitative estimate of drug-likeness (QED) is 0.890. The minimum atomic E-state index is -0.0442. The summed E-state index contributed by atoms with van der Waals surface area (Å²) in [6.45, 7) is 5.24. The van der Waals surface area contributed by atoms with Gasteiger partial charge in [0.1, 0.15) is 0 Å². The van der Waals surface area contributed by atoms with Gasteiger partial charge in [-0.25, -0.2) is 0 Å². The molecule has 2 nitrogen and oxygen atoms in total. The van der Waals surface area contributed by atoms with E-state index in [1.807, 2.05) is 36.0 Å². The Balaban J connectivity index is 2.21. The number of nitrogens with one attached hydrogen (secondary N) is 1. The molecule has 0 aliphatic carbocycles. The molecule has 1 heterocycles. The predicted octanol–water partition coefficient (Wildman–Crippen LogP) is 3.61. The van der Waals surface area contributed by atoms with Crippen LogP contribution in [0.25, 0.3) is 0 Å². The Kier molecular flexibility index (Phi) is 4.15. The van der Waals surface area contributed by atoms with Gasteiger partial charge in [-0.15, -0.1) is 0 Å². The molecule has 1 aliphatic rings. The van der Waals surface area contributed by atoms with Gasteiger partial charge in [-0.05, 0) is 29.7 Å². The van der Waals surface area contributed by atoms with Crippen molar-refractivity contribution in [1.29, 1.82) is 0 Å². The first-order valence-corrected chi connectivity index (χ1v) is 7.80. The number of benzene rings is 1. The van der Waals surface area contributed by atoms with E-state index >= 15 is 0 Å². The van der Waals surface area contributed by atoms with E-state index in [1.54, 1.807) is 0 Å². The van der Waals surface area contributed by atoms with Crippen LogP contribution in [0.3, 0.4) is 0 Å². The van der Waals surface area contributed by atoms with E-state index in [-0.39, 0.29) is 5.54 Å². The van der Waals surface area contributed by atoms with Gasteiger partial charge in [0.15, 0.2) is 0 Å². The second-order valence-corrected chi connectivity index (χ2v) is 7.32. The van der Waals surface area contributed by atoms with Crippen LogP contribution in [-0.4, -0.2) is 23.6 Å². The molecule has 3 N–H and O–H groups in total. The maximum Gasteiger partial charge on any atom is 0.0637 e. The van der Waals surface area contributed by atoms with E-state index < -0.39 is 0 Å². The molecule has 0 amide bonds. The first kappa shape index (κ1) is 14.0. The molecule has 2 rings (SSSR count). The van der Waals surface area contributed by atoms with Crippen LogP contribution in [0.5, 0.6) is 0 Å². The van der Waals surface area contributed by atoms with E-state index in [1.165, 1.54) is 5.75 Å². The number of hydrogen-bond donors (Lipinski definition) is 2. The summed E-state index contributed by atoms with van der Waals surface area (Å²) in [5, 5.41) is 4.35. The van der Waals surface area contributed by atoms with Gasteiger partial charge in [-0.3, -0.25) is 0 Å². The number of hydrogen-bond acceptors (Lipinski definition) is 3. The molecule has 1 aromatic carbocycles. The van der Waals surface area contributed by atoms with Crippen molar-refractivity contribution in [2.75, 3.05) is 23.4 Å². The van der Waals surface area contributed by atoms with Gasteiger partial charge < -0.3 is 11.1 Å². The van der Waals surface area contributed by atoms with Gasteiger partial charge in [0, 0.05) is 12.3 Å². The highest BCUT2D eigenvalue weighted by molar-refractivity contribution is 7.99. The minimum absolute atomic E-state index is 0.0442. The van der Waals surface area contributed by atoms with Gasteiger partial charge >= 0.3 is 0 Å². The molecule has 4 heteroatoms. The van der Waals surface area contributed by atoms with Gasteiger partial charge in [0.25, 0.3) is 0 Å². The zero-order valence-corrected chi connectivity index (χ0v) is 12.6. The van der Waals surface area contributed by atoms with Crippen LogP contribution in [0.4, 0.5) is 5.69 Å². The van der Waals surface area contributed by atoms with Crippen molar-refractivity contribution in [3.63, 3.8) is 0 Å². The van der Waals surface area contributed by atoms with Crippen LogP contribution in [-0.2, 0) is 0 Å². The molecule has 1 saturated heterocycles. The summed E-state index contributed by atoms with van der Waals surface area (Å²) in [5.41, 5.74) is 7.30. The standard InChI is InChI=1S/C14H21ClN2S/c1-13(2)7-14(8-16,10-18-9-13)17-12-6-4-3-5-11(12)15/h3-6,17H,7-10,16H2,1-2H3. The minimum Gasteiger partial charge on any atom is -0.376 e.